The lowest BCUT2D eigenvalue weighted by Gasteiger charge is -2.29. The summed E-state index contributed by atoms with van der Waals surface area (Å²) in [5, 5.41) is 1.49. The van der Waals surface area contributed by atoms with Crippen molar-refractivity contribution in [3.63, 3.8) is 0 Å². The van der Waals surface area contributed by atoms with Gasteiger partial charge in [0.25, 0.3) is 0 Å². The van der Waals surface area contributed by atoms with E-state index in [0.717, 1.165) is 5.76 Å². The van der Waals surface area contributed by atoms with Crippen LogP contribution in [0.25, 0.3) is 0 Å². The molecule has 74 valence electrons. The topological polar surface area (TPSA) is 47.7 Å². The summed E-state index contributed by atoms with van der Waals surface area (Å²) >= 11 is 0. The molecular weight excluding hydrogens is 168 g/mol. The largest absolute Gasteiger partial charge is 0.493 e. The second-order valence-electron chi connectivity index (χ2n) is 2.60. The van der Waals surface area contributed by atoms with Crippen molar-refractivity contribution < 1.29 is 9.47 Å². The zero-order valence-corrected chi connectivity index (χ0v) is 8.06. The van der Waals surface area contributed by atoms with Crippen molar-refractivity contribution in [2.24, 2.45) is 5.84 Å². The van der Waals surface area contributed by atoms with Crippen LogP contribution in [0.5, 0.6) is 0 Å². The Morgan fingerprint density at radius 2 is 2.23 bits per heavy atom. The molecule has 0 aromatic rings. The van der Waals surface area contributed by atoms with Gasteiger partial charge in [-0.15, -0.1) is 0 Å². The third kappa shape index (κ3) is 2.47. The fraction of sp³-hybridized carbons (Fsp3) is 0.556. The van der Waals surface area contributed by atoms with Crippen LogP contribution in [-0.2, 0) is 9.47 Å². The lowest BCUT2D eigenvalue weighted by Crippen LogP contribution is -2.41. The van der Waals surface area contributed by atoms with E-state index in [-0.39, 0.29) is 6.23 Å². The Labute approximate surface area is 78.6 Å². The average molecular weight is 184 g/mol. The smallest absolute Gasteiger partial charge is 0.201 e. The van der Waals surface area contributed by atoms with E-state index in [2.05, 4.69) is 0 Å². The molecule has 2 N–H and O–H groups in total. The van der Waals surface area contributed by atoms with Gasteiger partial charge in [-0.2, -0.15) is 0 Å². The number of hydrazine groups is 1. The van der Waals surface area contributed by atoms with Crippen LogP contribution in [0, 0.1) is 0 Å². The maximum atomic E-state index is 5.69. The third-order valence-corrected chi connectivity index (χ3v) is 1.67. The Kier molecular flexibility index (Phi) is 3.79. The Bertz CT molecular complexity index is 214. The van der Waals surface area contributed by atoms with Gasteiger partial charge in [-0.25, -0.2) is 5.84 Å². The van der Waals surface area contributed by atoms with Crippen LogP contribution in [0.4, 0.5) is 0 Å². The number of nitrogens with two attached hydrogens (primary N) is 1. The average Bonchev–Trinajstić information content (AvgIpc) is 2.11. The fourth-order valence-corrected chi connectivity index (χ4v) is 1.16. The highest BCUT2D eigenvalue weighted by atomic mass is 16.5. The molecule has 4 nitrogen and oxygen atoms in total. The summed E-state index contributed by atoms with van der Waals surface area (Å²) in [7, 11) is 0. The number of allylic oxidation sites excluding steroid dienone is 2. The van der Waals surface area contributed by atoms with E-state index in [9.17, 15) is 0 Å². The molecule has 1 unspecified atom stereocenters. The highest BCUT2D eigenvalue weighted by Gasteiger charge is 2.21. The Balaban J connectivity index is 2.64. The van der Waals surface area contributed by atoms with Crippen molar-refractivity contribution in [1.82, 2.24) is 5.01 Å². The Hall–Kier alpha value is -1.00. The number of hydrogen-bond donors (Lipinski definition) is 1. The molecule has 1 aliphatic heterocycles. The standard InChI is InChI=1S/C9H16N2O2/c1-3-12-8-6-5-7-11(10)9(8)13-4-2/h5-7,9H,3-4,10H2,1-2H3. The molecule has 1 atom stereocenters. The van der Waals surface area contributed by atoms with Gasteiger partial charge in [-0.05, 0) is 26.0 Å². The van der Waals surface area contributed by atoms with Gasteiger partial charge in [0.2, 0.25) is 6.23 Å². The van der Waals surface area contributed by atoms with Gasteiger partial charge in [-0.3, -0.25) is 5.01 Å². The molecule has 4 heteroatoms. The van der Waals surface area contributed by atoms with Gasteiger partial charge in [0, 0.05) is 12.8 Å². The van der Waals surface area contributed by atoms with Gasteiger partial charge >= 0.3 is 0 Å². The summed E-state index contributed by atoms with van der Waals surface area (Å²) in [5.74, 6) is 6.45. The van der Waals surface area contributed by atoms with Gasteiger partial charge in [-0.1, -0.05) is 0 Å². The van der Waals surface area contributed by atoms with Crippen LogP contribution in [-0.4, -0.2) is 24.5 Å². The number of nitrogens with zero attached hydrogens (tertiary/aromatic N) is 1. The number of ether oxygens (including phenoxy) is 2. The molecule has 1 rings (SSSR count). The van der Waals surface area contributed by atoms with Crippen molar-refractivity contribution in [2.75, 3.05) is 13.2 Å². The van der Waals surface area contributed by atoms with Gasteiger partial charge in [0.1, 0.15) is 5.76 Å². The van der Waals surface area contributed by atoms with E-state index in [1.807, 2.05) is 26.0 Å². The predicted molar refractivity (Wildman–Crippen MR) is 50.3 cm³/mol. The van der Waals surface area contributed by atoms with E-state index in [1.54, 1.807) is 6.20 Å². The van der Waals surface area contributed by atoms with Crippen molar-refractivity contribution >= 4 is 0 Å². The minimum Gasteiger partial charge on any atom is -0.493 e. The zero-order chi connectivity index (χ0) is 9.68. The normalized spacial score (nSPS) is 21.6. The molecule has 0 aliphatic carbocycles. The summed E-state index contributed by atoms with van der Waals surface area (Å²) in [5.41, 5.74) is 0. The number of rotatable bonds is 4. The Morgan fingerprint density at radius 3 is 2.85 bits per heavy atom. The quantitative estimate of drug-likeness (QED) is 0.661. The SMILES string of the molecule is CCOC1=CC=CN(N)C1OCC. The van der Waals surface area contributed by atoms with Crippen LogP contribution in [0.2, 0.25) is 0 Å². The zero-order valence-electron chi connectivity index (χ0n) is 8.06. The second-order valence-corrected chi connectivity index (χ2v) is 2.60. The van der Waals surface area contributed by atoms with Crippen LogP contribution >= 0.6 is 0 Å². The molecule has 0 aromatic heterocycles. The van der Waals surface area contributed by atoms with Crippen molar-refractivity contribution in [1.29, 1.82) is 0 Å². The molecule has 1 heterocycles. The summed E-state index contributed by atoms with van der Waals surface area (Å²) < 4.78 is 10.8. The van der Waals surface area contributed by atoms with Gasteiger partial charge < -0.3 is 9.47 Å². The lowest BCUT2D eigenvalue weighted by atomic mass is 10.3. The van der Waals surface area contributed by atoms with E-state index in [4.69, 9.17) is 15.3 Å². The van der Waals surface area contributed by atoms with Crippen LogP contribution in [0.15, 0.2) is 24.1 Å². The van der Waals surface area contributed by atoms with Gasteiger partial charge in [0.05, 0.1) is 6.61 Å². The monoisotopic (exact) mass is 184 g/mol. The van der Waals surface area contributed by atoms with E-state index < -0.39 is 0 Å². The van der Waals surface area contributed by atoms with Gasteiger partial charge in [0.15, 0.2) is 0 Å². The van der Waals surface area contributed by atoms with Crippen LogP contribution in [0.3, 0.4) is 0 Å². The first kappa shape index (κ1) is 10.1. The molecule has 0 fully saturated rings. The first-order chi connectivity index (χ1) is 6.29. The first-order valence-electron chi connectivity index (χ1n) is 4.45. The molecule has 1 aliphatic rings. The summed E-state index contributed by atoms with van der Waals surface area (Å²) in [4.78, 5) is 0. The fourth-order valence-electron chi connectivity index (χ4n) is 1.16. The van der Waals surface area contributed by atoms with Crippen molar-refractivity contribution in [3.8, 4) is 0 Å². The van der Waals surface area contributed by atoms with E-state index in [0.29, 0.717) is 13.2 Å². The maximum absolute atomic E-state index is 5.69. The summed E-state index contributed by atoms with van der Waals surface area (Å²) in [6.07, 6.45) is 5.17. The minimum absolute atomic E-state index is 0.282. The molecule has 0 bridgehead atoms. The molecule has 0 saturated carbocycles. The van der Waals surface area contributed by atoms with E-state index >= 15 is 0 Å². The molecular formula is C9H16N2O2. The predicted octanol–water partition coefficient (Wildman–Crippen LogP) is 0.972. The molecule has 0 radical (unpaired) electrons. The molecule has 0 spiro atoms. The van der Waals surface area contributed by atoms with Crippen LogP contribution in [0.1, 0.15) is 13.8 Å². The third-order valence-electron chi connectivity index (χ3n) is 1.67. The second kappa shape index (κ2) is 4.89. The number of hydrogen-bond acceptors (Lipinski definition) is 4. The Morgan fingerprint density at radius 1 is 1.46 bits per heavy atom. The maximum Gasteiger partial charge on any atom is 0.201 e. The lowest BCUT2D eigenvalue weighted by molar-refractivity contribution is -0.0437. The highest BCUT2D eigenvalue weighted by molar-refractivity contribution is 5.15. The minimum atomic E-state index is -0.282. The molecule has 13 heavy (non-hydrogen) atoms. The summed E-state index contributed by atoms with van der Waals surface area (Å²) in [6, 6.07) is 0. The molecule has 0 amide bonds. The van der Waals surface area contributed by atoms with Crippen molar-refractivity contribution in [3.05, 3.63) is 24.1 Å². The highest BCUT2D eigenvalue weighted by Crippen LogP contribution is 2.15. The van der Waals surface area contributed by atoms with Crippen LogP contribution < -0.4 is 5.84 Å². The summed E-state index contributed by atoms with van der Waals surface area (Å²) in [6.45, 7) is 5.09. The molecule has 0 saturated heterocycles. The first-order valence-corrected chi connectivity index (χ1v) is 4.45. The molecule has 0 aromatic carbocycles. The van der Waals surface area contributed by atoms with Crippen molar-refractivity contribution in [2.45, 2.75) is 20.1 Å². The van der Waals surface area contributed by atoms with E-state index in [1.165, 1.54) is 5.01 Å².